The zero-order chi connectivity index (χ0) is 13.9. The van der Waals surface area contributed by atoms with Crippen LogP contribution in [0.2, 0.25) is 0 Å². The smallest absolute Gasteiger partial charge is 0.0427 e. The number of pyridine rings is 1. The van der Waals surface area contributed by atoms with E-state index in [4.69, 9.17) is 0 Å². The summed E-state index contributed by atoms with van der Waals surface area (Å²) in [7, 11) is 0. The minimum Gasteiger partial charge on any atom is -0.369 e. The van der Waals surface area contributed by atoms with E-state index >= 15 is 0 Å². The van der Waals surface area contributed by atoms with Gasteiger partial charge >= 0.3 is 0 Å². The highest BCUT2D eigenvalue weighted by Crippen LogP contribution is 2.22. The van der Waals surface area contributed by atoms with Crippen molar-refractivity contribution < 1.29 is 0 Å². The predicted molar refractivity (Wildman–Crippen MR) is 85.5 cm³/mol. The maximum absolute atomic E-state index is 4.18. The lowest BCUT2D eigenvalue weighted by Crippen LogP contribution is -2.46. The van der Waals surface area contributed by atoms with Crippen LogP contribution in [0.3, 0.4) is 0 Å². The summed E-state index contributed by atoms with van der Waals surface area (Å²) < 4.78 is 0. The van der Waals surface area contributed by atoms with Gasteiger partial charge in [-0.2, -0.15) is 0 Å². The molecule has 1 fully saturated rings. The van der Waals surface area contributed by atoms with Crippen molar-refractivity contribution in [3.8, 4) is 0 Å². The topological polar surface area (TPSA) is 19.4 Å². The normalized spacial score (nSPS) is 16.6. The largest absolute Gasteiger partial charge is 0.369 e. The molecule has 1 saturated heterocycles. The van der Waals surface area contributed by atoms with Gasteiger partial charge in [-0.05, 0) is 37.6 Å². The van der Waals surface area contributed by atoms with Crippen LogP contribution >= 0.6 is 11.3 Å². The molecule has 0 aliphatic carbocycles. The van der Waals surface area contributed by atoms with Crippen LogP contribution in [0.15, 0.2) is 30.6 Å². The van der Waals surface area contributed by atoms with Gasteiger partial charge in [0.25, 0.3) is 0 Å². The Morgan fingerprint density at radius 2 is 1.90 bits per heavy atom. The quantitative estimate of drug-likeness (QED) is 0.865. The lowest BCUT2D eigenvalue weighted by Gasteiger charge is -2.36. The van der Waals surface area contributed by atoms with Crippen LogP contribution in [0, 0.1) is 13.8 Å². The second-order valence-electron chi connectivity index (χ2n) is 5.44. The molecule has 0 amide bonds. The molecule has 0 spiro atoms. The second-order valence-corrected chi connectivity index (χ2v) is 6.81. The summed E-state index contributed by atoms with van der Waals surface area (Å²) in [4.78, 5) is 12.1. The Balaban J connectivity index is 1.58. The first-order chi connectivity index (χ1) is 9.72. The monoisotopic (exact) mass is 287 g/mol. The molecule has 0 atom stereocenters. The van der Waals surface area contributed by atoms with Crippen LogP contribution in [-0.4, -0.2) is 36.1 Å². The van der Waals surface area contributed by atoms with E-state index in [2.05, 4.69) is 46.8 Å². The van der Waals surface area contributed by atoms with Gasteiger partial charge in [0, 0.05) is 60.6 Å². The highest BCUT2D eigenvalue weighted by Gasteiger charge is 2.18. The average molecular weight is 287 g/mol. The molecule has 0 bridgehead atoms. The Kier molecular flexibility index (Phi) is 4.03. The Hall–Kier alpha value is -1.39. The zero-order valence-electron chi connectivity index (χ0n) is 12.2. The molecule has 0 unspecified atom stereocenters. The second kappa shape index (κ2) is 5.94. The molecule has 4 heteroatoms. The van der Waals surface area contributed by atoms with Crippen molar-refractivity contribution in [3.05, 3.63) is 45.9 Å². The third kappa shape index (κ3) is 3.02. The number of nitrogens with zero attached hydrogens (tertiary/aromatic N) is 3. The molecule has 0 N–H and O–H groups in total. The SMILES string of the molecule is Cc1ccc(CN2CCN(c3ccncc3C)CC2)s1. The third-order valence-electron chi connectivity index (χ3n) is 3.88. The van der Waals surface area contributed by atoms with Gasteiger partial charge in [0.1, 0.15) is 0 Å². The molecule has 0 radical (unpaired) electrons. The Morgan fingerprint density at radius 1 is 1.10 bits per heavy atom. The standard InChI is InChI=1S/C16H21N3S/c1-13-11-17-6-5-16(13)19-9-7-18(8-10-19)12-15-4-3-14(2)20-15/h3-6,11H,7-10,12H2,1-2H3. The summed E-state index contributed by atoms with van der Waals surface area (Å²) in [6.45, 7) is 9.91. The maximum atomic E-state index is 4.18. The minimum absolute atomic E-state index is 1.10. The van der Waals surface area contributed by atoms with Crippen molar-refractivity contribution in [3.63, 3.8) is 0 Å². The van der Waals surface area contributed by atoms with Crippen LogP contribution in [0.5, 0.6) is 0 Å². The first-order valence-electron chi connectivity index (χ1n) is 7.15. The highest BCUT2D eigenvalue weighted by molar-refractivity contribution is 7.11. The van der Waals surface area contributed by atoms with Crippen LogP contribution in [0.1, 0.15) is 15.3 Å². The molecule has 20 heavy (non-hydrogen) atoms. The fourth-order valence-corrected chi connectivity index (χ4v) is 3.69. The molecule has 0 saturated carbocycles. The van der Waals surface area contributed by atoms with Crippen LogP contribution in [0.4, 0.5) is 5.69 Å². The first-order valence-corrected chi connectivity index (χ1v) is 7.97. The fourth-order valence-electron chi connectivity index (χ4n) is 2.76. The number of piperazine rings is 1. The number of aryl methyl sites for hydroxylation is 2. The van der Waals surface area contributed by atoms with Gasteiger partial charge in [0.05, 0.1) is 0 Å². The average Bonchev–Trinajstić information content (AvgIpc) is 2.86. The molecular formula is C16H21N3S. The van der Waals surface area contributed by atoms with Crippen molar-refractivity contribution in [2.45, 2.75) is 20.4 Å². The van der Waals surface area contributed by atoms with Crippen molar-refractivity contribution in [1.82, 2.24) is 9.88 Å². The summed E-state index contributed by atoms with van der Waals surface area (Å²) in [5, 5.41) is 0. The molecule has 0 aromatic carbocycles. The molecule has 3 rings (SSSR count). The number of aromatic nitrogens is 1. The van der Waals surface area contributed by atoms with Crippen LogP contribution < -0.4 is 4.90 Å². The molecule has 1 aliphatic heterocycles. The van der Waals surface area contributed by atoms with E-state index in [-0.39, 0.29) is 0 Å². The van der Waals surface area contributed by atoms with E-state index in [0.717, 1.165) is 32.7 Å². The number of rotatable bonds is 3. The molecule has 2 aromatic rings. The fraction of sp³-hybridized carbons (Fsp3) is 0.438. The molecule has 1 aliphatic rings. The summed E-state index contributed by atoms with van der Waals surface area (Å²) >= 11 is 1.92. The van der Waals surface area contributed by atoms with Crippen molar-refractivity contribution in [1.29, 1.82) is 0 Å². The van der Waals surface area contributed by atoms with Crippen LogP contribution in [-0.2, 0) is 6.54 Å². The van der Waals surface area contributed by atoms with Crippen molar-refractivity contribution in [2.75, 3.05) is 31.1 Å². The van der Waals surface area contributed by atoms with Gasteiger partial charge in [-0.3, -0.25) is 9.88 Å². The number of hydrogen-bond donors (Lipinski definition) is 0. The highest BCUT2D eigenvalue weighted by atomic mass is 32.1. The lowest BCUT2D eigenvalue weighted by molar-refractivity contribution is 0.252. The number of anilines is 1. The lowest BCUT2D eigenvalue weighted by atomic mass is 10.2. The number of hydrogen-bond acceptors (Lipinski definition) is 4. The molecule has 3 heterocycles. The third-order valence-corrected chi connectivity index (χ3v) is 4.86. The van der Waals surface area contributed by atoms with Gasteiger partial charge in [-0.1, -0.05) is 0 Å². The summed E-state index contributed by atoms with van der Waals surface area (Å²) in [5.74, 6) is 0. The Bertz CT molecular complexity index is 571. The summed E-state index contributed by atoms with van der Waals surface area (Å²) in [5.41, 5.74) is 2.61. The van der Waals surface area contributed by atoms with Gasteiger partial charge in [0.2, 0.25) is 0 Å². The number of thiophene rings is 1. The van der Waals surface area contributed by atoms with Crippen LogP contribution in [0.25, 0.3) is 0 Å². The van der Waals surface area contributed by atoms with E-state index in [1.807, 2.05) is 23.7 Å². The van der Waals surface area contributed by atoms with Gasteiger partial charge in [0.15, 0.2) is 0 Å². The Labute approximate surface area is 124 Å². The molecule has 2 aromatic heterocycles. The predicted octanol–water partition coefficient (Wildman–Crippen LogP) is 3.08. The van der Waals surface area contributed by atoms with Crippen molar-refractivity contribution >= 4 is 17.0 Å². The summed E-state index contributed by atoms with van der Waals surface area (Å²) in [6, 6.07) is 6.61. The van der Waals surface area contributed by atoms with E-state index in [0.29, 0.717) is 0 Å². The van der Waals surface area contributed by atoms with E-state index < -0.39 is 0 Å². The molecule has 3 nitrogen and oxygen atoms in total. The Morgan fingerprint density at radius 3 is 2.55 bits per heavy atom. The molecule has 106 valence electrons. The van der Waals surface area contributed by atoms with Crippen molar-refractivity contribution in [2.24, 2.45) is 0 Å². The molecular weight excluding hydrogens is 266 g/mol. The van der Waals surface area contributed by atoms with E-state index in [1.54, 1.807) is 0 Å². The first kappa shape index (κ1) is 13.6. The summed E-state index contributed by atoms with van der Waals surface area (Å²) in [6.07, 6.45) is 3.85. The minimum atomic E-state index is 1.10. The van der Waals surface area contributed by atoms with Gasteiger partial charge in [-0.15, -0.1) is 11.3 Å². The van der Waals surface area contributed by atoms with E-state index in [9.17, 15) is 0 Å². The van der Waals surface area contributed by atoms with Gasteiger partial charge in [-0.25, -0.2) is 0 Å². The maximum Gasteiger partial charge on any atom is 0.0427 e. The van der Waals surface area contributed by atoms with E-state index in [1.165, 1.54) is 21.0 Å². The zero-order valence-corrected chi connectivity index (χ0v) is 13.0. The van der Waals surface area contributed by atoms with Gasteiger partial charge < -0.3 is 4.90 Å².